The van der Waals surface area contributed by atoms with E-state index in [1.54, 1.807) is 23.3 Å². The zero-order valence-electron chi connectivity index (χ0n) is 18.8. The van der Waals surface area contributed by atoms with E-state index in [9.17, 15) is 0 Å². The highest BCUT2D eigenvalue weighted by molar-refractivity contribution is 5.43. The molecule has 2 aromatic heterocycles. The molecule has 1 fully saturated rings. The minimum atomic E-state index is -0.156. The average Bonchev–Trinajstić information content (AvgIpc) is 3.34. The maximum atomic E-state index is 5.99. The zero-order valence-corrected chi connectivity index (χ0v) is 18.8. The van der Waals surface area contributed by atoms with Crippen LogP contribution in [0.2, 0.25) is 0 Å². The molecule has 2 aromatic carbocycles. The van der Waals surface area contributed by atoms with Gasteiger partial charge in [0.1, 0.15) is 23.4 Å². The number of pyridine rings is 1. The Kier molecular flexibility index (Phi) is 5.56. The minimum Gasteiger partial charge on any atom is -0.490 e. The summed E-state index contributed by atoms with van der Waals surface area (Å²) in [5.41, 5.74) is 8.12. The Morgan fingerprint density at radius 3 is 2.06 bits per heavy atom. The zero-order chi connectivity index (χ0) is 22.8. The quantitative estimate of drug-likeness (QED) is 0.449. The highest BCUT2D eigenvalue weighted by atomic mass is 16.5. The fourth-order valence-corrected chi connectivity index (χ4v) is 3.99. The molecule has 0 spiro atoms. The second-order valence-electron chi connectivity index (χ2n) is 8.95. The molecule has 168 valence electrons. The van der Waals surface area contributed by atoms with Crippen molar-refractivity contribution in [3.8, 4) is 23.1 Å². The molecule has 0 bridgehead atoms. The van der Waals surface area contributed by atoms with E-state index in [0.29, 0.717) is 11.6 Å². The first kappa shape index (κ1) is 21.2. The summed E-state index contributed by atoms with van der Waals surface area (Å²) in [5, 5.41) is 7.73. The molecule has 0 unspecified atom stereocenters. The molecule has 0 saturated heterocycles. The number of hydrogen-bond acceptors (Lipinski definition) is 6. The van der Waals surface area contributed by atoms with Crippen LogP contribution in [0.5, 0.6) is 17.2 Å². The summed E-state index contributed by atoms with van der Waals surface area (Å²) in [5.74, 6) is 3.00. The fraction of sp³-hybridized carbons (Fsp3) is 0.269. The number of nitrogens with zero attached hydrogens (tertiary/aromatic N) is 4. The van der Waals surface area contributed by atoms with Gasteiger partial charge in [0, 0.05) is 11.5 Å². The van der Waals surface area contributed by atoms with Gasteiger partial charge in [-0.1, -0.05) is 43.3 Å². The molecule has 4 aromatic rings. The molecule has 33 heavy (non-hydrogen) atoms. The van der Waals surface area contributed by atoms with E-state index in [1.165, 1.54) is 11.1 Å². The predicted octanol–water partition coefficient (Wildman–Crippen LogP) is 4.65. The number of ether oxygens (including phenoxy) is 2. The minimum absolute atomic E-state index is 0.156. The van der Waals surface area contributed by atoms with Gasteiger partial charge in [-0.05, 0) is 60.4 Å². The summed E-state index contributed by atoms with van der Waals surface area (Å²) in [6, 6.07) is 20.6. The van der Waals surface area contributed by atoms with Crippen LogP contribution in [0.25, 0.3) is 5.82 Å². The van der Waals surface area contributed by atoms with E-state index in [1.807, 2.05) is 36.4 Å². The van der Waals surface area contributed by atoms with Crippen molar-refractivity contribution in [1.29, 1.82) is 0 Å². The number of hydrogen-bond donors (Lipinski definition) is 1. The second kappa shape index (κ2) is 8.67. The first-order valence-electron chi connectivity index (χ1n) is 11.1. The molecular weight excluding hydrogens is 414 g/mol. The Morgan fingerprint density at radius 1 is 0.879 bits per heavy atom. The third-order valence-corrected chi connectivity index (χ3v) is 6.20. The van der Waals surface area contributed by atoms with Crippen molar-refractivity contribution >= 4 is 0 Å². The van der Waals surface area contributed by atoms with Crippen LogP contribution in [-0.4, -0.2) is 32.1 Å². The fourth-order valence-electron chi connectivity index (χ4n) is 3.99. The number of rotatable bonds is 7. The second-order valence-corrected chi connectivity index (χ2v) is 8.95. The van der Waals surface area contributed by atoms with Crippen LogP contribution in [0.15, 0.2) is 79.3 Å². The standard InChI is InChI=1S/C26H27N5O2/c1-26(2,19-5-9-22(10-6-19)33-24-15-20(27)16-24)18-3-7-21(8-4-18)32-23-11-12-25(28-17-23)31-14-13-29-30-31/h3-14,17,20,24H,15-16,27H2,1-2H3/t20-,24-. The lowest BCUT2D eigenvalue weighted by molar-refractivity contribution is 0.101. The van der Waals surface area contributed by atoms with Crippen LogP contribution in [-0.2, 0) is 5.41 Å². The maximum Gasteiger partial charge on any atom is 0.155 e. The largest absolute Gasteiger partial charge is 0.490 e. The summed E-state index contributed by atoms with van der Waals surface area (Å²) in [7, 11) is 0. The third-order valence-electron chi connectivity index (χ3n) is 6.20. The smallest absolute Gasteiger partial charge is 0.155 e. The monoisotopic (exact) mass is 441 g/mol. The normalized spacial score (nSPS) is 17.9. The molecule has 2 N–H and O–H groups in total. The van der Waals surface area contributed by atoms with Gasteiger partial charge < -0.3 is 15.2 Å². The summed E-state index contributed by atoms with van der Waals surface area (Å²) >= 11 is 0. The van der Waals surface area contributed by atoms with Gasteiger partial charge in [0.05, 0.1) is 18.6 Å². The summed E-state index contributed by atoms with van der Waals surface area (Å²) in [6.45, 7) is 4.44. The van der Waals surface area contributed by atoms with Crippen LogP contribution in [0.3, 0.4) is 0 Å². The van der Waals surface area contributed by atoms with E-state index in [4.69, 9.17) is 15.2 Å². The van der Waals surface area contributed by atoms with Gasteiger partial charge in [0.2, 0.25) is 0 Å². The van der Waals surface area contributed by atoms with Crippen LogP contribution >= 0.6 is 0 Å². The first-order chi connectivity index (χ1) is 16.0. The van der Waals surface area contributed by atoms with Gasteiger partial charge >= 0.3 is 0 Å². The Labute approximate surface area is 193 Å². The summed E-state index contributed by atoms with van der Waals surface area (Å²) in [6.07, 6.45) is 7.15. The first-order valence-corrected chi connectivity index (χ1v) is 11.1. The predicted molar refractivity (Wildman–Crippen MR) is 126 cm³/mol. The molecule has 5 rings (SSSR count). The van der Waals surface area contributed by atoms with Crippen LogP contribution in [0.4, 0.5) is 0 Å². The Balaban J connectivity index is 1.24. The van der Waals surface area contributed by atoms with Gasteiger partial charge in [0.25, 0.3) is 0 Å². The molecule has 0 aliphatic heterocycles. The molecule has 7 heteroatoms. The number of nitrogens with two attached hydrogens (primary N) is 1. The van der Waals surface area contributed by atoms with Gasteiger partial charge in [0.15, 0.2) is 5.82 Å². The van der Waals surface area contributed by atoms with E-state index in [-0.39, 0.29) is 17.6 Å². The number of aromatic nitrogens is 4. The molecule has 2 heterocycles. The van der Waals surface area contributed by atoms with Crippen molar-refractivity contribution in [3.63, 3.8) is 0 Å². The van der Waals surface area contributed by atoms with E-state index in [2.05, 4.69) is 53.4 Å². The molecule has 1 aliphatic carbocycles. The molecular formula is C26H27N5O2. The summed E-state index contributed by atoms with van der Waals surface area (Å²) in [4.78, 5) is 4.37. The molecule has 1 aliphatic rings. The van der Waals surface area contributed by atoms with Crippen LogP contribution in [0, 0.1) is 0 Å². The Hall–Kier alpha value is -3.71. The van der Waals surface area contributed by atoms with Gasteiger partial charge in [-0.25, -0.2) is 9.67 Å². The lowest BCUT2D eigenvalue weighted by Gasteiger charge is -2.33. The van der Waals surface area contributed by atoms with Crippen molar-refractivity contribution in [2.75, 3.05) is 0 Å². The highest BCUT2D eigenvalue weighted by Gasteiger charge is 2.28. The van der Waals surface area contributed by atoms with Gasteiger partial charge in [-0.15, -0.1) is 5.10 Å². The maximum absolute atomic E-state index is 5.99. The van der Waals surface area contributed by atoms with Crippen molar-refractivity contribution in [2.24, 2.45) is 5.73 Å². The summed E-state index contributed by atoms with van der Waals surface area (Å²) < 4.78 is 13.6. The van der Waals surface area contributed by atoms with Gasteiger partial charge in [-0.3, -0.25) is 0 Å². The van der Waals surface area contributed by atoms with Crippen molar-refractivity contribution in [1.82, 2.24) is 20.0 Å². The van der Waals surface area contributed by atoms with E-state index >= 15 is 0 Å². The SMILES string of the molecule is CC(C)(c1ccc(Oc2ccc(-n3ccnn3)nc2)cc1)c1ccc(O[C@H]2C[C@H](N)C2)cc1. The average molecular weight is 442 g/mol. The topological polar surface area (TPSA) is 88.1 Å². The van der Waals surface area contributed by atoms with Crippen LogP contribution < -0.4 is 15.2 Å². The highest BCUT2D eigenvalue weighted by Crippen LogP contribution is 2.34. The molecule has 0 radical (unpaired) electrons. The number of benzene rings is 2. The lowest BCUT2D eigenvalue weighted by atomic mass is 9.78. The van der Waals surface area contributed by atoms with E-state index < -0.39 is 0 Å². The molecule has 0 atom stereocenters. The molecule has 0 amide bonds. The van der Waals surface area contributed by atoms with Crippen molar-refractivity contribution in [2.45, 2.75) is 44.2 Å². The van der Waals surface area contributed by atoms with Gasteiger partial charge in [-0.2, -0.15) is 0 Å². The lowest BCUT2D eigenvalue weighted by Crippen LogP contribution is -2.43. The van der Waals surface area contributed by atoms with Crippen molar-refractivity contribution < 1.29 is 9.47 Å². The Morgan fingerprint density at radius 2 is 1.52 bits per heavy atom. The molecule has 7 nitrogen and oxygen atoms in total. The van der Waals surface area contributed by atoms with Crippen molar-refractivity contribution in [3.05, 3.63) is 90.4 Å². The molecule has 1 saturated carbocycles. The van der Waals surface area contributed by atoms with E-state index in [0.717, 1.165) is 24.3 Å². The third kappa shape index (κ3) is 4.59. The Bertz CT molecular complexity index is 1180. The van der Waals surface area contributed by atoms with Crippen LogP contribution in [0.1, 0.15) is 37.8 Å².